The van der Waals surface area contributed by atoms with Gasteiger partial charge in [0.1, 0.15) is 11.6 Å². The summed E-state index contributed by atoms with van der Waals surface area (Å²) in [7, 11) is 0. The minimum Gasteiger partial charge on any atom is -0.381 e. The van der Waals surface area contributed by atoms with Crippen LogP contribution in [0.15, 0.2) is 18.5 Å². The van der Waals surface area contributed by atoms with Gasteiger partial charge in [-0.3, -0.25) is 4.90 Å². The Bertz CT molecular complexity index is 1090. The first-order chi connectivity index (χ1) is 13.3. The SMILES string of the molecule is CC#CC1CNC(=O)N1c1nc2c(ccc3ncn(C4CCOCC4)c32)s1. The van der Waals surface area contributed by atoms with Crippen molar-refractivity contribution < 1.29 is 9.53 Å². The molecule has 5 rings (SSSR count). The molecule has 0 spiro atoms. The van der Waals surface area contributed by atoms with Crippen LogP contribution < -0.4 is 10.2 Å². The molecule has 27 heavy (non-hydrogen) atoms. The normalized spacial score (nSPS) is 20.9. The Morgan fingerprint density at radius 3 is 3.00 bits per heavy atom. The van der Waals surface area contributed by atoms with Crippen LogP contribution in [0.2, 0.25) is 0 Å². The van der Waals surface area contributed by atoms with Gasteiger partial charge >= 0.3 is 6.03 Å². The highest BCUT2D eigenvalue weighted by Gasteiger charge is 2.33. The number of carbonyl (C=O) groups excluding carboxylic acids is 1. The Morgan fingerprint density at radius 1 is 1.33 bits per heavy atom. The molecule has 1 atom stereocenters. The van der Waals surface area contributed by atoms with Gasteiger partial charge in [0.15, 0.2) is 5.13 Å². The van der Waals surface area contributed by atoms with E-state index in [1.54, 1.807) is 11.8 Å². The average molecular weight is 381 g/mol. The largest absolute Gasteiger partial charge is 0.381 e. The molecule has 2 aliphatic rings. The van der Waals surface area contributed by atoms with Crippen LogP contribution in [-0.4, -0.2) is 46.4 Å². The number of anilines is 1. The highest BCUT2D eigenvalue weighted by Crippen LogP contribution is 2.36. The van der Waals surface area contributed by atoms with E-state index >= 15 is 0 Å². The molecule has 2 fully saturated rings. The number of amides is 2. The summed E-state index contributed by atoms with van der Waals surface area (Å²) in [6.45, 7) is 3.85. The van der Waals surface area contributed by atoms with Crippen molar-refractivity contribution in [3.8, 4) is 11.8 Å². The van der Waals surface area contributed by atoms with Crippen LogP contribution in [0.4, 0.5) is 9.93 Å². The molecule has 4 heterocycles. The molecule has 2 amide bonds. The second kappa shape index (κ2) is 6.51. The molecule has 7 nitrogen and oxygen atoms in total. The summed E-state index contributed by atoms with van der Waals surface area (Å²) in [5.74, 6) is 6.00. The minimum absolute atomic E-state index is 0.143. The van der Waals surface area contributed by atoms with Crippen LogP contribution in [0, 0.1) is 11.8 Å². The fourth-order valence-corrected chi connectivity index (χ4v) is 4.86. The number of hydrogen-bond acceptors (Lipinski definition) is 5. The number of nitrogens with one attached hydrogen (secondary N) is 1. The third kappa shape index (κ3) is 2.66. The van der Waals surface area contributed by atoms with Crippen molar-refractivity contribution in [2.45, 2.75) is 31.8 Å². The number of hydrogen-bond donors (Lipinski definition) is 1. The topological polar surface area (TPSA) is 72.3 Å². The van der Waals surface area contributed by atoms with Crippen molar-refractivity contribution in [2.24, 2.45) is 0 Å². The molecular weight excluding hydrogens is 362 g/mol. The van der Waals surface area contributed by atoms with E-state index in [1.807, 2.05) is 18.5 Å². The summed E-state index contributed by atoms with van der Waals surface area (Å²) in [5, 5.41) is 3.54. The number of imidazole rings is 1. The molecule has 8 heteroatoms. The number of benzene rings is 1. The summed E-state index contributed by atoms with van der Waals surface area (Å²) in [6, 6.07) is 4.11. The summed E-state index contributed by atoms with van der Waals surface area (Å²) in [6.07, 6.45) is 3.86. The van der Waals surface area contributed by atoms with Crippen LogP contribution >= 0.6 is 11.3 Å². The molecule has 3 aromatic rings. The first-order valence-corrected chi connectivity index (χ1v) is 9.91. The van der Waals surface area contributed by atoms with Gasteiger partial charge < -0.3 is 14.6 Å². The molecule has 138 valence electrons. The lowest BCUT2D eigenvalue weighted by Crippen LogP contribution is -2.33. The maximum absolute atomic E-state index is 12.3. The third-order valence-electron chi connectivity index (χ3n) is 5.16. The lowest BCUT2D eigenvalue weighted by molar-refractivity contribution is 0.0706. The predicted octanol–water partition coefficient (Wildman–Crippen LogP) is 2.92. The van der Waals surface area contributed by atoms with Crippen molar-refractivity contribution in [1.29, 1.82) is 0 Å². The molecule has 0 saturated carbocycles. The highest BCUT2D eigenvalue weighted by molar-refractivity contribution is 7.22. The first-order valence-electron chi connectivity index (χ1n) is 9.09. The summed E-state index contributed by atoms with van der Waals surface area (Å²) < 4.78 is 8.79. The first kappa shape index (κ1) is 16.5. The number of carbonyl (C=O) groups is 1. The van der Waals surface area contributed by atoms with Gasteiger partial charge in [-0.1, -0.05) is 17.3 Å². The molecule has 0 aliphatic carbocycles. The van der Waals surface area contributed by atoms with Crippen molar-refractivity contribution in [3.05, 3.63) is 18.5 Å². The molecule has 2 aromatic heterocycles. The molecule has 2 saturated heterocycles. The van der Waals surface area contributed by atoms with E-state index in [-0.39, 0.29) is 12.1 Å². The zero-order valence-corrected chi connectivity index (χ0v) is 15.8. The fourth-order valence-electron chi connectivity index (χ4n) is 3.85. The smallest absolute Gasteiger partial charge is 0.324 e. The molecule has 1 aromatic carbocycles. The van der Waals surface area contributed by atoms with Gasteiger partial charge in [-0.25, -0.2) is 14.8 Å². The lowest BCUT2D eigenvalue weighted by atomic mass is 10.1. The number of rotatable bonds is 2. The van der Waals surface area contributed by atoms with Gasteiger partial charge in [-0.05, 0) is 31.9 Å². The fraction of sp³-hybridized carbons (Fsp3) is 0.421. The van der Waals surface area contributed by atoms with Crippen molar-refractivity contribution in [1.82, 2.24) is 19.9 Å². The second-order valence-electron chi connectivity index (χ2n) is 6.74. The Balaban J connectivity index is 1.64. The van der Waals surface area contributed by atoms with E-state index in [4.69, 9.17) is 9.72 Å². The van der Waals surface area contributed by atoms with Crippen LogP contribution in [-0.2, 0) is 4.74 Å². The quantitative estimate of drug-likeness (QED) is 0.693. The Labute approximate surface area is 160 Å². The standard InChI is InChI=1S/C19H19N5O2S/c1-2-3-13-10-20-18(25)24(13)19-22-16-15(27-19)5-4-14-17(16)23(11-21-14)12-6-8-26-9-7-12/h4-5,11-13H,6-10H2,1H3,(H,20,25). The summed E-state index contributed by atoms with van der Waals surface area (Å²) in [5.41, 5.74) is 2.88. The number of thiazole rings is 1. The maximum Gasteiger partial charge on any atom is 0.324 e. The van der Waals surface area contributed by atoms with E-state index in [9.17, 15) is 4.79 Å². The van der Waals surface area contributed by atoms with Crippen molar-refractivity contribution in [2.75, 3.05) is 24.7 Å². The Hall–Kier alpha value is -2.63. The van der Waals surface area contributed by atoms with Crippen LogP contribution in [0.3, 0.4) is 0 Å². The molecule has 1 N–H and O–H groups in total. The van der Waals surface area contributed by atoms with Crippen LogP contribution in [0.25, 0.3) is 21.3 Å². The number of nitrogens with zero attached hydrogens (tertiary/aromatic N) is 4. The van der Waals surface area contributed by atoms with Crippen LogP contribution in [0.5, 0.6) is 0 Å². The van der Waals surface area contributed by atoms with Crippen molar-refractivity contribution >= 4 is 43.7 Å². The molecular formula is C19H19N5O2S. The third-order valence-corrected chi connectivity index (χ3v) is 6.18. The lowest BCUT2D eigenvalue weighted by Gasteiger charge is -2.23. The van der Waals surface area contributed by atoms with Gasteiger partial charge in [0, 0.05) is 19.3 Å². The number of urea groups is 1. The van der Waals surface area contributed by atoms with E-state index < -0.39 is 0 Å². The van der Waals surface area contributed by atoms with Crippen molar-refractivity contribution in [3.63, 3.8) is 0 Å². The second-order valence-corrected chi connectivity index (χ2v) is 7.75. The van der Waals surface area contributed by atoms with Crippen LogP contribution in [0.1, 0.15) is 25.8 Å². The predicted molar refractivity (Wildman–Crippen MR) is 105 cm³/mol. The van der Waals surface area contributed by atoms with E-state index in [1.165, 1.54) is 11.3 Å². The number of fused-ring (bicyclic) bond motifs is 3. The number of aromatic nitrogens is 3. The zero-order chi connectivity index (χ0) is 18.4. The van der Waals surface area contributed by atoms with E-state index in [0.29, 0.717) is 17.7 Å². The minimum atomic E-state index is -0.182. The molecule has 2 aliphatic heterocycles. The highest BCUT2D eigenvalue weighted by atomic mass is 32.1. The van der Waals surface area contributed by atoms with Gasteiger partial charge in [0.05, 0.1) is 28.6 Å². The summed E-state index contributed by atoms with van der Waals surface area (Å²) in [4.78, 5) is 23.5. The molecule has 0 bridgehead atoms. The zero-order valence-electron chi connectivity index (χ0n) is 14.9. The van der Waals surface area contributed by atoms with E-state index in [0.717, 1.165) is 47.3 Å². The van der Waals surface area contributed by atoms with Gasteiger partial charge in [-0.2, -0.15) is 0 Å². The van der Waals surface area contributed by atoms with Gasteiger partial charge in [0.2, 0.25) is 0 Å². The maximum atomic E-state index is 12.3. The van der Waals surface area contributed by atoms with Gasteiger partial charge in [0.25, 0.3) is 0 Å². The Morgan fingerprint density at radius 2 is 2.19 bits per heavy atom. The summed E-state index contributed by atoms with van der Waals surface area (Å²) >= 11 is 1.52. The number of ether oxygens (including phenoxy) is 1. The monoisotopic (exact) mass is 381 g/mol. The molecule has 0 radical (unpaired) electrons. The Kier molecular flexibility index (Phi) is 3.99. The molecule has 1 unspecified atom stereocenters. The van der Waals surface area contributed by atoms with Gasteiger partial charge in [-0.15, -0.1) is 5.92 Å². The van der Waals surface area contributed by atoms with E-state index in [2.05, 4.69) is 26.7 Å². The average Bonchev–Trinajstić information content (AvgIpc) is 3.38.